The van der Waals surface area contributed by atoms with E-state index >= 15 is 0 Å². The van der Waals surface area contributed by atoms with Crippen LogP contribution in [0.15, 0.2) is 58.1 Å². The molecule has 1 N–H and O–H groups in total. The van der Waals surface area contributed by atoms with Crippen molar-refractivity contribution in [3.63, 3.8) is 0 Å². The summed E-state index contributed by atoms with van der Waals surface area (Å²) in [6.07, 6.45) is 4.14. The number of carbonyl (C=O) groups excluding carboxylic acids is 2. The zero-order valence-corrected chi connectivity index (χ0v) is 18.0. The van der Waals surface area contributed by atoms with Crippen LogP contribution in [0.2, 0.25) is 0 Å². The van der Waals surface area contributed by atoms with Gasteiger partial charge in [0.1, 0.15) is 18.9 Å². The number of aryl methyl sites for hydroxylation is 1. The van der Waals surface area contributed by atoms with Gasteiger partial charge in [0.2, 0.25) is 5.91 Å². The number of anilines is 1. The second-order valence-corrected chi connectivity index (χ2v) is 8.71. The number of hydrazone groups is 1. The third-order valence-electron chi connectivity index (χ3n) is 5.92. The first-order valence-corrected chi connectivity index (χ1v) is 10.9. The number of amides is 2. The highest BCUT2D eigenvalue weighted by Gasteiger charge is 2.41. The van der Waals surface area contributed by atoms with Crippen molar-refractivity contribution in [1.82, 2.24) is 15.4 Å². The van der Waals surface area contributed by atoms with E-state index in [1.165, 1.54) is 10.6 Å². The quantitative estimate of drug-likeness (QED) is 0.753. The van der Waals surface area contributed by atoms with Gasteiger partial charge in [0.15, 0.2) is 0 Å². The molecule has 2 amide bonds. The molecule has 0 saturated carbocycles. The van der Waals surface area contributed by atoms with E-state index in [2.05, 4.69) is 32.5 Å². The molecule has 1 saturated heterocycles. The molecule has 1 fully saturated rings. The Kier molecular flexibility index (Phi) is 5.04. The maximum Gasteiger partial charge on any atom is 0.267 e. The van der Waals surface area contributed by atoms with Gasteiger partial charge in [-0.3, -0.25) is 14.6 Å². The molecule has 0 bridgehead atoms. The van der Waals surface area contributed by atoms with Crippen LogP contribution in [0.1, 0.15) is 30.0 Å². The Balaban J connectivity index is 1.28. The van der Waals surface area contributed by atoms with E-state index in [-0.39, 0.29) is 30.4 Å². The average molecular weight is 468 g/mol. The SMILES string of the molecule is O=C1C2CC(c3ccc(Br)cc3)NN2C=NN1CC(=O)N1CCCc2ccccc21. The number of rotatable bonds is 3. The van der Waals surface area contributed by atoms with Crippen molar-refractivity contribution in [1.29, 1.82) is 0 Å². The molecule has 2 aromatic rings. The fraction of sp³-hybridized carbons (Fsp3) is 0.318. The number of carbonyl (C=O) groups is 2. The van der Waals surface area contributed by atoms with Crippen LogP contribution in [0.25, 0.3) is 0 Å². The van der Waals surface area contributed by atoms with E-state index in [4.69, 9.17) is 0 Å². The average Bonchev–Trinajstić information content (AvgIpc) is 3.21. The van der Waals surface area contributed by atoms with Gasteiger partial charge >= 0.3 is 0 Å². The Bertz CT molecular complexity index is 1010. The van der Waals surface area contributed by atoms with Crippen LogP contribution >= 0.6 is 15.9 Å². The van der Waals surface area contributed by atoms with Gasteiger partial charge in [0.25, 0.3) is 5.91 Å². The minimum absolute atomic E-state index is 0.0307. The maximum atomic E-state index is 13.1. The van der Waals surface area contributed by atoms with Crippen LogP contribution in [-0.4, -0.2) is 47.3 Å². The van der Waals surface area contributed by atoms with E-state index in [1.54, 1.807) is 16.2 Å². The molecule has 3 aliphatic rings. The van der Waals surface area contributed by atoms with Gasteiger partial charge in [0, 0.05) is 16.7 Å². The lowest BCUT2D eigenvalue weighted by molar-refractivity contribution is -0.139. The summed E-state index contributed by atoms with van der Waals surface area (Å²) in [7, 11) is 0. The normalized spacial score (nSPS) is 22.8. The van der Waals surface area contributed by atoms with Crippen molar-refractivity contribution in [2.75, 3.05) is 18.0 Å². The van der Waals surface area contributed by atoms with Gasteiger partial charge in [-0.1, -0.05) is 46.3 Å². The zero-order valence-electron chi connectivity index (χ0n) is 16.4. The first-order valence-electron chi connectivity index (χ1n) is 10.1. The smallest absolute Gasteiger partial charge is 0.267 e. The fourth-order valence-corrected chi connectivity index (χ4v) is 4.63. The van der Waals surface area contributed by atoms with Crippen LogP contribution in [0.4, 0.5) is 5.69 Å². The molecule has 5 rings (SSSR count). The molecule has 2 atom stereocenters. The van der Waals surface area contributed by atoms with Crippen LogP contribution in [-0.2, 0) is 16.0 Å². The standard InChI is InChI=1S/C22H22BrN5O2/c23-17-9-7-15(8-10-17)18-12-20-22(30)27(24-14-28(20)25-18)13-21(29)26-11-3-5-16-4-1-2-6-19(16)26/h1-2,4,6-10,14,18,20,25H,3,5,11-13H2. The third kappa shape index (κ3) is 3.50. The summed E-state index contributed by atoms with van der Waals surface area (Å²) in [5.74, 6) is -0.250. The zero-order chi connectivity index (χ0) is 20.7. The van der Waals surface area contributed by atoms with E-state index in [0.717, 1.165) is 28.6 Å². The Labute approximate surface area is 183 Å². The van der Waals surface area contributed by atoms with Crippen molar-refractivity contribution in [3.8, 4) is 0 Å². The monoisotopic (exact) mass is 467 g/mol. The molecule has 3 heterocycles. The summed E-state index contributed by atoms with van der Waals surface area (Å²) in [6, 6.07) is 15.7. The topological polar surface area (TPSA) is 68.2 Å². The summed E-state index contributed by atoms with van der Waals surface area (Å²) in [6.45, 7) is 0.626. The lowest BCUT2D eigenvalue weighted by Crippen LogP contribution is -2.53. The number of hydrogen-bond acceptors (Lipinski definition) is 5. The first-order chi connectivity index (χ1) is 14.6. The molecule has 3 aliphatic heterocycles. The molecule has 154 valence electrons. The molecule has 8 heteroatoms. The van der Waals surface area contributed by atoms with E-state index in [0.29, 0.717) is 13.0 Å². The van der Waals surface area contributed by atoms with Crippen molar-refractivity contribution in [3.05, 3.63) is 64.1 Å². The highest BCUT2D eigenvalue weighted by Crippen LogP contribution is 2.31. The van der Waals surface area contributed by atoms with E-state index in [1.807, 2.05) is 42.5 Å². The number of halogens is 1. The highest BCUT2D eigenvalue weighted by atomic mass is 79.9. The number of benzene rings is 2. The summed E-state index contributed by atoms with van der Waals surface area (Å²) < 4.78 is 1.02. The van der Waals surface area contributed by atoms with E-state index in [9.17, 15) is 9.59 Å². The van der Waals surface area contributed by atoms with Crippen molar-refractivity contribution in [2.24, 2.45) is 5.10 Å². The Morgan fingerprint density at radius 3 is 2.80 bits per heavy atom. The Morgan fingerprint density at radius 2 is 1.97 bits per heavy atom. The largest absolute Gasteiger partial charge is 0.311 e. The lowest BCUT2D eigenvalue weighted by atomic mass is 10.0. The van der Waals surface area contributed by atoms with Crippen molar-refractivity contribution < 1.29 is 9.59 Å². The van der Waals surface area contributed by atoms with Crippen LogP contribution in [0.3, 0.4) is 0 Å². The van der Waals surface area contributed by atoms with Gasteiger partial charge in [-0.15, -0.1) is 0 Å². The van der Waals surface area contributed by atoms with Gasteiger partial charge in [-0.2, -0.15) is 5.10 Å². The predicted molar refractivity (Wildman–Crippen MR) is 118 cm³/mol. The number of fused-ring (bicyclic) bond motifs is 2. The summed E-state index contributed by atoms with van der Waals surface area (Å²) in [5, 5.41) is 7.32. The number of para-hydroxylation sites is 1. The van der Waals surface area contributed by atoms with Crippen molar-refractivity contribution >= 4 is 39.8 Å². The summed E-state index contributed by atoms with van der Waals surface area (Å²) in [4.78, 5) is 27.8. The number of nitrogens with zero attached hydrogens (tertiary/aromatic N) is 4. The molecule has 2 aromatic carbocycles. The Hall–Kier alpha value is -2.71. The van der Waals surface area contributed by atoms with Crippen LogP contribution < -0.4 is 10.3 Å². The first kappa shape index (κ1) is 19.3. The summed E-state index contributed by atoms with van der Waals surface area (Å²) in [5.41, 5.74) is 6.57. The number of nitrogens with one attached hydrogen (secondary N) is 1. The third-order valence-corrected chi connectivity index (χ3v) is 6.45. The molecular weight excluding hydrogens is 446 g/mol. The van der Waals surface area contributed by atoms with Gasteiger partial charge in [0.05, 0.1) is 6.04 Å². The van der Waals surface area contributed by atoms with Gasteiger partial charge < -0.3 is 4.90 Å². The molecule has 0 aliphatic carbocycles. The summed E-state index contributed by atoms with van der Waals surface area (Å²) >= 11 is 3.45. The van der Waals surface area contributed by atoms with Crippen molar-refractivity contribution in [2.45, 2.75) is 31.3 Å². The molecule has 7 nitrogen and oxygen atoms in total. The molecule has 0 radical (unpaired) electrons. The van der Waals surface area contributed by atoms with Crippen LogP contribution in [0.5, 0.6) is 0 Å². The second-order valence-electron chi connectivity index (χ2n) is 7.80. The van der Waals surface area contributed by atoms with Crippen LogP contribution in [0, 0.1) is 0 Å². The predicted octanol–water partition coefficient (Wildman–Crippen LogP) is 2.83. The minimum Gasteiger partial charge on any atom is -0.311 e. The van der Waals surface area contributed by atoms with Gasteiger partial charge in [-0.05, 0) is 48.6 Å². The fourth-order valence-electron chi connectivity index (χ4n) is 4.37. The van der Waals surface area contributed by atoms with E-state index < -0.39 is 0 Å². The molecular formula is C22H22BrN5O2. The maximum absolute atomic E-state index is 13.1. The number of hydrazine groups is 1. The Morgan fingerprint density at radius 1 is 1.17 bits per heavy atom. The number of hydrogen-bond donors (Lipinski definition) is 1. The van der Waals surface area contributed by atoms with Gasteiger partial charge in [-0.25, -0.2) is 10.4 Å². The lowest BCUT2D eigenvalue weighted by Gasteiger charge is -2.33. The highest BCUT2D eigenvalue weighted by molar-refractivity contribution is 9.10. The second kappa shape index (κ2) is 7.85. The minimum atomic E-state index is -0.363. The molecule has 0 spiro atoms. The molecule has 30 heavy (non-hydrogen) atoms. The molecule has 2 unspecified atom stereocenters. The molecule has 0 aromatic heterocycles.